The van der Waals surface area contributed by atoms with Gasteiger partial charge in [-0.1, -0.05) is 11.6 Å². The van der Waals surface area contributed by atoms with Gasteiger partial charge in [0.2, 0.25) is 5.91 Å². The summed E-state index contributed by atoms with van der Waals surface area (Å²) in [5.41, 5.74) is 0.510. The van der Waals surface area contributed by atoms with Crippen molar-refractivity contribution >= 4 is 33.1 Å². The van der Waals surface area contributed by atoms with E-state index in [0.29, 0.717) is 23.7 Å². The summed E-state index contributed by atoms with van der Waals surface area (Å²) in [7, 11) is -3.17. The fraction of sp³-hybridized carbons (Fsp3) is 0.500. The van der Waals surface area contributed by atoms with Crippen molar-refractivity contribution in [3.05, 3.63) is 34.9 Å². The molecule has 130 valence electrons. The molecule has 6 nitrogen and oxygen atoms in total. The van der Waals surface area contributed by atoms with Crippen molar-refractivity contribution in [2.24, 2.45) is 0 Å². The zero-order chi connectivity index (χ0) is 17.3. The largest absolute Gasteiger partial charge is 0.373 e. The Morgan fingerprint density at radius 2 is 1.88 bits per heavy atom. The molecule has 0 aromatic heterocycles. The van der Waals surface area contributed by atoms with E-state index < -0.39 is 22.0 Å². The SMILES string of the molecule is O=C(CCC(=O)N1CCOC2CS(=O)(=O)CC21)c1ccc(Cl)cc1. The van der Waals surface area contributed by atoms with Crippen LogP contribution in [0.4, 0.5) is 0 Å². The van der Waals surface area contributed by atoms with Crippen molar-refractivity contribution < 1.29 is 22.7 Å². The lowest BCUT2D eigenvalue weighted by Crippen LogP contribution is -2.53. The van der Waals surface area contributed by atoms with Crippen molar-refractivity contribution in [2.45, 2.75) is 25.0 Å². The zero-order valence-electron chi connectivity index (χ0n) is 13.0. The van der Waals surface area contributed by atoms with Gasteiger partial charge in [-0.25, -0.2) is 8.42 Å². The third kappa shape index (κ3) is 3.79. The van der Waals surface area contributed by atoms with E-state index in [1.165, 1.54) is 0 Å². The lowest BCUT2D eigenvalue weighted by atomic mass is 10.0. The lowest BCUT2D eigenvalue weighted by Gasteiger charge is -2.36. The van der Waals surface area contributed by atoms with Crippen LogP contribution in [0.3, 0.4) is 0 Å². The first-order valence-corrected chi connectivity index (χ1v) is 9.96. The monoisotopic (exact) mass is 371 g/mol. The van der Waals surface area contributed by atoms with E-state index in [-0.39, 0.29) is 36.0 Å². The van der Waals surface area contributed by atoms with Gasteiger partial charge in [0.05, 0.1) is 30.3 Å². The van der Waals surface area contributed by atoms with Gasteiger partial charge >= 0.3 is 0 Å². The number of carbonyl (C=O) groups is 2. The number of ketones is 1. The molecule has 2 unspecified atom stereocenters. The Balaban J connectivity index is 1.60. The topological polar surface area (TPSA) is 80.8 Å². The van der Waals surface area contributed by atoms with Crippen molar-refractivity contribution in [3.8, 4) is 0 Å². The molecule has 2 heterocycles. The summed E-state index contributed by atoms with van der Waals surface area (Å²) in [6.07, 6.45) is -0.299. The van der Waals surface area contributed by atoms with Crippen LogP contribution in [0.2, 0.25) is 5.02 Å². The highest BCUT2D eigenvalue weighted by atomic mass is 35.5. The Morgan fingerprint density at radius 1 is 1.17 bits per heavy atom. The Kier molecular flexibility index (Phi) is 4.94. The first kappa shape index (κ1) is 17.4. The molecule has 2 aliphatic heterocycles. The van der Waals surface area contributed by atoms with E-state index in [2.05, 4.69) is 0 Å². The molecule has 0 bridgehead atoms. The quantitative estimate of drug-likeness (QED) is 0.746. The number of sulfone groups is 1. The predicted octanol–water partition coefficient (Wildman–Crippen LogP) is 1.33. The summed E-state index contributed by atoms with van der Waals surface area (Å²) >= 11 is 5.79. The first-order valence-electron chi connectivity index (χ1n) is 7.76. The number of hydrogen-bond acceptors (Lipinski definition) is 5. The van der Waals surface area contributed by atoms with E-state index >= 15 is 0 Å². The molecule has 0 saturated carbocycles. The van der Waals surface area contributed by atoms with E-state index in [4.69, 9.17) is 16.3 Å². The average molecular weight is 372 g/mol. The van der Waals surface area contributed by atoms with Gasteiger partial charge in [-0.15, -0.1) is 0 Å². The molecular formula is C16H18ClNO5S. The number of morpholine rings is 1. The van der Waals surface area contributed by atoms with Crippen LogP contribution in [-0.2, 0) is 19.4 Å². The van der Waals surface area contributed by atoms with Gasteiger partial charge in [-0.2, -0.15) is 0 Å². The normalized spacial score (nSPS) is 25.3. The van der Waals surface area contributed by atoms with E-state index in [1.54, 1.807) is 29.2 Å². The maximum Gasteiger partial charge on any atom is 0.223 e. The Hall–Kier alpha value is -1.44. The molecule has 2 saturated heterocycles. The van der Waals surface area contributed by atoms with Crippen LogP contribution in [0.15, 0.2) is 24.3 Å². The van der Waals surface area contributed by atoms with Crippen LogP contribution in [0.5, 0.6) is 0 Å². The molecule has 2 atom stereocenters. The van der Waals surface area contributed by atoms with Crippen LogP contribution < -0.4 is 0 Å². The Labute approximate surface area is 145 Å². The minimum Gasteiger partial charge on any atom is -0.373 e. The second-order valence-electron chi connectivity index (χ2n) is 6.07. The second-order valence-corrected chi connectivity index (χ2v) is 8.66. The fourth-order valence-corrected chi connectivity index (χ4v) is 5.16. The number of nitrogens with zero attached hydrogens (tertiary/aromatic N) is 1. The van der Waals surface area contributed by atoms with Crippen molar-refractivity contribution in [2.75, 3.05) is 24.7 Å². The first-order chi connectivity index (χ1) is 11.4. The molecule has 2 aliphatic rings. The summed E-state index contributed by atoms with van der Waals surface area (Å²) in [5.74, 6) is -0.434. The summed E-state index contributed by atoms with van der Waals surface area (Å²) in [6, 6.07) is 6.09. The van der Waals surface area contributed by atoms with Crippen LogP contribution in [0.1, 0.15) is 23.2 Å². The number of hydrogen-bond donors (Lipinski definition) is 0. The minimum atomic E-state index is -3.17. The van der Waals surface area contributed by atoms with Crippen LogP contribution in [0, 0.1) is 0 Å². The van der Waals surface area contributed by atoms with Crippen LogP contribution >= 0.6 is 11.6 Å². The fourth-order valence-electron chi connectivity index (χ4n) is 3.17. The van der Waals surface area contributed by atoms with Crippen molar-refractivity contribution in [1.29, 1.82) is 0 Å². The van der Waals surface area contributed by atoms with Gasteiger partial charge in [-0.05, 0) is 24.3 Å². The smallest absolute Gasteiger partial charge is 0.223 e. The standard InChI is InChI=1S/C16H18ClNO5S/c17-12-3-1-11(2-4-12)14(19)5-6-16(20)18-7-8-23-15-10-24(21,22)9-13(15)18/h1-4,13,15H,5-10H2. The van der Waals surface area contributed by atoms with Gasteiger partial charge in [0.1, 0.15) is 0 Å². The highest BCUT2D eigenvalue weighted by Crippen LogP contribution is 2.25. The number of ether oxygens (including phenoxy) is 1. The number of Topliss-reactive ketones (excluding diaryl/α,β-unsaturated/α-hetero) is 1. The lowest BCUT2D eigenvalue weighted by molar-refractivity contribution is -0.142. The number of fused-ring (bicyclic) bond motifs is 1. The third-order valence-corrected chi connectivity index (χ3v) is 6.33. The molecule has 0 N–H and O–H groups in total. The number of carbonyl (C=O) groups excluding carboxylic acids is 2. The van der Waals surface area contributed by atoms with Gasteiger partial charge in [-0.3, -0.25) is 9.59 Å². The van der Waals surface area contributed by atoms with Gasteiger partial charge in [0.15, 0.2) is 15.6 Å². The molecule has 24 heavy (non-hydrogen) atoms. The van der Waals surface area contributed by atoms with E-state index in [9.17, 15) is 18.0 Å². The summed E-state index contributed by atoms with van der Waals surface area (Å²) in [6.45, 7) is 0.693. The summed E-state index contributed by atoms with van der Waals surface area (Å²) in [5, 5.41) is 0.546. The molecule has 0 aliphatic carbocycles. The highest BCUT2D eigenvalue weighted by Gasteiger charge is 2.45. The Morgan fingerprint density at radius 3 is 2.58 bits per heavy atom. The number of amides is 1. The number of halogens is 1. The maximum absolute atomic E-state index is 12.4. The molecule has 3 rings (SSSR count). The van der Waals surface area contributed by atoms with E-state index in [1.807, 2.05) is 0 Å². The predicted molar refractivity (Wildman–Crippen MR) is 88.9 cm³/mol. The molecule has 8 heteroatoms. The minimum absolute atomic E-state index is 0.0366. The summed E-state index contributed by atoms with van der Waals surface area (Å²) < 4.78 is 29.0. The molecule has 1 amide bonds. The number of rotatable bonds is 4. The zero-order valence-corrected chi connectivity index (χ0v) is 14.6. The van der Waals surface area contributed by atoms with Gasteiger partial charge < -0.3 is 9.64 Å². The molecule has 1 aromatic rings. The number of benzene rings is 1. The molecule has 1 aromatic carbocycles. The average Bonchev–Trinajstić information content (AvgIpc) is 2.86. The van der Waals surface area contributed by atoms with Crippen molar-refractivity contribution in [3.63, 3.8) is 0 Å². The molecular weight excluding hydrogens is 354 g/mol. The second kappa shape index (κ2) is 6.82. The van der Waals surface area contributed by atoms with Gasteiger partial charge in [0, 0.05) is 30.0 Å². The van der Waals surface area contributed by atoms with Crippen LogP contribution in [-0.4, -0.2) is 61.8 Å². The third-order valence-electron chi connectivity index (χ3n) is 4.39. The Bertz CT molecular complexity index is 746. The highest BCUT2D eigenvalue weighted by molar-refractivity contribution is 7.91. The van der Waals surface area contributed by atoms with Gasteiger partial charge in [0.25, 0.3) is 0 Å². The van der Waals surface area contributed by atoms with Crippen molar-refractivity contribution in [1.82, 2.24) is 4.90 Å². The maximum atomic E-state index is 12.4. The molecule has 2 fully saturated rings. The summed E-state index contributed by atoms with van der Waals surface area (Å²) in [4.78, 5) is 26.1. The molecule has 0 spiro atoms. The van der Waals surface area contributed by atoms with E-state index in [0.717, 1.165) is 0 Å². The van der Waals surface area contributed by atoms with Crippen LogP contribution in [0.25, 0.3) is 0 Å². The molecule has 0 radical (unpaired) electrons.